The number of hydrogen-bond acceptors (Lipinski definition) is 2. The zero-order chi connectivity index (χ0) is 10.3. The molecule has 0 aromatic heterocycles. The van der Waals surface area contributed by atoms with Gasteiger partial charge in [0.2, 0.25) is 0 Å². The summed E-state index contributed by atoms with van der Waals surface area (Å²) in [7, 11) is -3.34. The Morgan fingerprint density at radius 3 is 2.62 bits per heavy atom. The van der Waals surface area contributed by atoms with Crippen LogP contribution in [-0.2, 0) is 9.09 Å². The first-order chi connectivity index (χ1) is 6.00. The fourth-order valence-electron chi connectivity index (χ4n) is 0.735. The molecule has 0 aliphatic heterocycles. The average Bonchev–Trinajstić information content (AvgIpc) is 2.03. The molecule has 0 amide bonds. The molecule has 0 saturated carbocycles. The van der Waals surface area contributed by atoms with E-state index in [2.05, 4.69) is 6.58 Å². The first-order valence-corrected chi connectivity index (χ1v) is 6.23. The zero-order valence-corrected chi connectivity index (χ0v) is 9.30. The third-order valence-electron chi connectivity index (χ3n) is 1.73. The molecule has 0 aliphatic carbocycles. The van der Waals surface area contributed by atoms with Crippen molar-refractivity contribution in [1.29, 1.82) is 0 Å². The lowest BCUT2D eigenvalue weighted by Crippen LogP contribution is -2.02. The van der Waals surface area contributed by atoms with Crippen LogP contribution in [0.4, 0.5) is 0 Å². The molecular weight excluding hydrogens is 187 g/mol. The van der Waals surface area contributed by atoms with Crippen LogP contribution in [0.1, 0.15) is 33.1 Å². The minimum Gasteiger partial charge on any atom is -0.324 e. The molecule has 0 bridgehead atoms. The summed E-state index contributed by atoms with van der Waals surface area (Å²) in [6.45, 7) is 7.32. The van der Waals surface area contributed by atoms with Gasteiger partial charge in [0, 0.05) is 0 Å². The van der Waals surface area contributed by atoms with Crippen molar-refractivity contribution in [2.24, 2.45) is 0 Å². The van der Waals surface area contributed by atoms with Gasteiger partial charge in [-0.05, 0) is 19.3 Å². The molecule has 13 heavy (non-hydrogen) atoms. The molecule has 0 heterocycles. The highest BCUT2D eigenvalue weighted by Gasteiger charge is 2.23. The van der Waals surface area contributed by atoms with Gasteiger partial charge in [0.15, 0.2) is 0 Å². The molecule has 0 fully saturated rings. The van der Waals surface area contributed by atoms with Crippen molar-refractivity contribution in [3.63, 3.8) is 0 Å². The molecule has 0 aromatic rings. The second-order valence-electron chi connectivity index (χ2n) is 3.28. The van der Waals surface area contributed by atoms with E-state index in [-0.39, 0.29) is 5.66 Å². The lowest BCUT2D eigenvalue weighted by Gasteiger charge is -2.14. The standard InChI is InChI=1S/C9H19O3P/c1-4-5-6-7-8-12-13(10,11)9(2)3/h4,9H,1,5-8H2,2-3H3,(H,10,11). The molecule has 1 unspecified atom stereocenters. The van der Waals surface area contributed by atoms with Crippen molar-refractivity contribution < 1.29 is 14.0 Å². The third-order valence-corrected chi connectivity index (χ3v) is 3.59. The van der Waals surface area contributed by atoms with Crippen molar-refractivity contribution in [3.05, 3.63) is 12.7 Å². The zero-order valence-electron chi connectivity index (χ0n) is 8.40. The van der Waals surface area contributed by atoms with Crippen LogP contribution in [0.5, 0.6) is 0 Å². The van der Waals surface area contributed by atoms with Crippen LogP contribution in [0, 0.1) is 0 Å². The first-order valence-electron chi connectivity index (χ1n) is 4.58. The Labute approximate surface area is 80.3 Å². The molecule has 1 N–H and O–H groups in total. The lowest BCUT2D eigenvalue weighted by atomic mass is 10.2. The summed E-state index contributed by atoms with van der Waals surface area (Å²) in [5.74, 6) is 0. The van der Waals surface area contributed by atoms with Gasteiger partial charge in [-0.15, -0.1) is 6.58 Å². The second kappa shape index (κ2) is 6.36. The first kappa shape index (κ1) is 12.9. The summed E-state index contributed by atoms with van der Waals surface area (Å²) in [6, 6.07) is 0. The summed E-state index contributed by atoms with van der Waals surface area (Å²) in [5, 5.41) is 0. The van der Waals surface area contributed by atoms with Gasteiger partial charge in [0.1, 0.15) is 0 Å². The van der Waals surface area contributed by atoms with Crippen LogP contribution in [0.15, 0.2) is 12.7 Å². The minimum absolute atomic E-state index is 0.313. The van der Waals surface area contributed by atoms with Crippen LogP contribution in [0.2, 0.25) is 0 Å². The molecule has 0 radical (unpaired) electrons. The summed E-state index contributed by atoms with van der Waals surface area (Å²) in [6.07, 6.45) is 4.53. The lowest BCUT2D eigenvalue weighted by molar-refractivity contribution is 0.248. The van der Waals surface area contributed by atoms with Crippen molar-refractivity contribution in [2.45, 2.75) is 38.8 Å². The van der Waals surface area contributed by atoms with Crippen molar-refractivity contribution in [1.82, 2.24) is 0 Å². The number of allylic oxidation sites excluding steroid dienone is 1. The van der Waals surface area contributed by atoms with Gasteiger partial charge in [-0.3, -0.25) is 4.57 Å². The summed E-state index contributed by atoms with van der Waals surface area (Å²) < 4.78 is 16.2. The topological polar surface area (TPSA) is 46.5 Å². The molecular formula is C9H19O3P. The van der Waals surface area contributed by atoms with Crippen LogP contribution in [-0.4, -0.2) is 17.2 Å². The average molecular weight is 206 g/mol. The maximum atomic E-state index is 11.3. The molecule has 4 heteroatoms. The highest BCUT2D eigenvalue weighted by molar-refractivity contribution is 7.53. The molecule has 0 spiro atoms. The van der Waals surface area contributed by atoms with E-state index in [1.165, 1.54) is 0 Å². The Kier molecular flexibility index (Phi) is 6.31. The Hall–Kier alpha value is -0.110. The molecule has 0 saturated heterocycles. The largest absolute Gasteiger partial charge is 0.330 e. The second-order valence-corrected chi connectivity index (χ2v) is 5.69. The van der Waals surface area contributed by atoms with Crippen LogP contribution < -0.4 is 0 Å². The van der Waals surface area contributed by atoms with E-state index in [1.54, 1.807) is 13.8 Å². The predicted molar refractivity (Wildman–Crippen MR) is 55.0 cm³/mol. The van der Waals surface area contributed by atoms with Crippen LogP contribution in [0.25, 0.3) is 0 Å². The maximum absolute atomic E-state index is 11.3. The van der Waals surface area contributed by atoms with Gasteiger partial charge >= 0.3 is 7.60 Å². The summed E-state index contributed by atoms with van der Waals surface area (Å²) in [4.78, 5) is 9.26. The van der Waals surface area contributed by atoms with Gasteiger partial charge in [-0.1, -0.05) is 19.9 Å². The Balaban J connectivity index is 3.52. The molecule has 0 rings (SSSR count). The van der Waals surface area contributed by atoms with Gasteiger partial charge < -0.3 is 9.42 Å². The molecule has 0 aliphatic rings. The minimum atomic E-state index is -3.34. The maximum Gasteiger partial charge on any atom is 0.330 e. The van der Waals surface area contributed by atoms with Gasteiger partial charge in [-0.2, -0.15) is 0 Å². The van der Waals surface area contributed by atoms with E-state index in [1.807, 2.05) is 6.08 Å². The molecule has 0 aromatic carbocycles. The predicted octanol–water partition coefficient (Wildman–Crippen LogP) is 2.95. The van der Waals surface area contributed by atoms with E-state index >= 15 is 0 Å². The number of rotatable bonds is 7. The highest BCUT2D eigenvalue weighted by Crippen LogP contribution is 2.46. The number of hydrogen-bond donors (Lipinski definition) is 1. The molecule has 78 valence electrons. The van der Waals surface area contributed by atoms with Crippen molar-refractivity contribution >= 4 is 7.60 Å². The fraction of sp³-hybridized carbons (Fsp3) is 0.778. The normalized spacial score (nSPS) is 15.7. The van der Waals surface area contributed by atoms with E-state index in [0.29, 0.717) is 6.61 Å². The fourth-order valence-corrected chi connectivity index (χ4v) is 1.42. The van der Waals surface area contributed by atoms with E-state index < -0.39 is 7.60 Å². The highest BCUT2D eigenvalue weighted by atomic mass is 31.2. The summed E-state index contributed by atoms with van der Waals surface area (Å²) >= 11 is 0. The van der Waals surface area contributed by atoms with Crippen LogP contribution in [0.3, 0.4) is 0 Å². The SMILES string of the molecule is C=CCCCCOP(=O)(O)C(C)C. The van der Waals surface area contributed by atoms with Crippen LogP contribution >= 0.6 is 7.60 Å². The van der Waals surface area contributed by atoms with E-state index in [9.17, 15) is 9.46 Å². The molecule has 1 atom stereocenters. The Bertz CT molecular complexity index is 189. The summed E-state index contributed by atoms with van der Waals surface area (Å²) in [5.41, 5.74) is -0.313. The van der Waals surface area contributed by atoms with Gasteiger partial charge in [-0.25, -0.2) is 0 Å². The molecule has 3 nitrogen and oxygen atoms in total. The number of unbranched alkanes of at least 4 members (excludes halogenated alkanes) is 2. The van der Waals surface area contributed by atoms with Crippen molar-refractivity contribution in [3.8, 4) is 0 Å². The van der Waals surface area contributed by atoms with E-state index in [4.69, 9.17) is 4.52 Å². The Morgan fingerprint density at radius 2 is 2.15 bits per heavy atom. The monoisotopic (exact) mass is 206 g/mol. The van der Waals surface area contributed by atoms with Gasteiger partial charge in [0.25, 0.3) is 0 Å². The quantitative estimate of drug-likeness (QED) is 0.395. The third kappa shape index (κ3) is 6.03. The Morgan fingerprint density at radius 1 is 1.54 bits per heavy atom. The van der Waals surface area contributed by atoms with Crippen molar-refractivity contribution in [2.75, 3.05) is 6.61 Å². The smallest absolute Gasteiger partial charge is 0.324 e. The van der Waals surface area contributed by atoms with Gasteiger partial charge in [0.05, 0.1) is 12.3 Å². The van der Waals surface area contributed by atoms with E-state index in [0.717, 1.165) is 19.3 Å².